The summed E-state index contributed by atoms with van der Waals surface area (Å²) in [5.74, 6) is 0.511. The summed E-state index contributed by atoms with van der Waals surface area (Å²) in [7, 11) is 0. The van der Waals surface area contributed by atoms with Gasteiger partial charge in [-0.3, -0.25) is 4.79 Å². The van der Waals surface area contributed by atoms with E-state index in [9.17, 15) is 4.79 Å². The fourth-order valence-corrected chi connectivity index (χ4v) is 2.75. The van der Waals surface area contributed by atoms with Gasteiger partial charge in [0.05, 0.1) is 6.61 Å². The molecule has 1 aromatic carbocycles. The van der Waals surface area contributed by atoms with Crippen molar-refractivity contribution in [3.05, 3.63) is 29.8 Å². The number of benzene rings is 1. The normalized spacial score (nSPS) is 12.5. The molecule has 4 heteroatoms. The number of nitrogens with one attached hydrogen (secondary N) is 1. The molecule has 0 bridgehead atoms. The van der Waals surface area contributed by atoms with Crippen LogP contribution in [0.3, 0.4) is 0 Å². The predicted molar refractivity (Wildman–Crippen MR) is 80.6 cm³/mol. The molecule has 1 unspecified atom stereocenters. The highest BCUT2D eigenvalue weighted by Gasteiger charge is 2.20. The van der Waals surface area contributed by atoms with Crippen molar-refractivity contribution >= 4 is 17.7 Å². The van der Waals surface area contributed by atoms with Gasteiger partial charge in [-0.1, -0.05) is 31.5 Å². The van der Waals surface area contributed by atoms with Gasteiger partial charge in [-0.25, -0.2) is 0 Å². The van der Waals surface area contributed by atoms with Crippen molar-refractivity contribution in [2.45, 2.75) is 44.7 Å². The fraction of sp³-hybridized carbons (Fsp3) is 0.533. The van der Waals surface area contributed by atoms with Crippen molar-refractivity contribution in [2.75, 3.05) is 12.4 Å². The van der Waals surface area contributed by atoms with Gasteiger partial charge in [-0.15, -0.1) is 11.8 Å². The Bertz CT molecular complexity index is 407. The van der Waals surface area contributed by atoms with Crippen molar-refractivity contribution in [2.24, 2.45) is 0 Å². The minimum Gasteiger partial charge on any atom is -0.465 e. The molecule has 0 saturated heterocycles. The lowest BCUT2D eigenvalue weighted by atomic mass is 10.2. The van der Waals surface area contributed by atoms with Crippen molar-refractivity contribution < 1.29 is 9.53 Å². The largest absolute Gasteiger partial charge is 0.465 e. The molecule has 1 rings (SSSR count). The summed E-state index contributed by atoms with van der Waals surface area (Å²) in [4.78, 5) is 13.0. The van der Waals surface area contributed by atoms with Crippen LogP contribution in [0, 0.1) is 6.92 Å². The number of carbonyl (C=O) groups excluding carboxylic acids is 1. The molecule has 0 spiro atoms. The van der Waals surface area contributed by atoms with E-state index in [1.165, 1.54) is 10.5 Å². The van der Waals surface area contributed by atoms with Crippen molar-refractivity contribution in [3.63, 3.8) is 0 Å². The predicted octanol–water partition coefficient (Wildman–Crippen LogP) is 3.02. The maximum absolute atomic E-state index is 11.9. The first-order valence-electron chi connectivity index (χ1n) is 6.65. The molecule has 0 aliphatic carbocycles. The number of thioether (sulfide) groups is 1. The van der Waals surface area contributed by atoms with E-state index in [0.29, 0.717) is 12.4 Å². The van der Waals surface area contributed by atoms with E-state index in [4.69, 9.17) is 4.74 Å². The number of carbonyl (C=O) groups is 1. The van der Waals surface area contributed by atoms with Gasteiger partial charge in [0.2, 0.25) is 0 Å². The Morgan fingerprint density at radius 2 is 2.16 bits per heavy atom. The van der Waals surface area contributed by atoms with Crippen LogP contribution < -0.4 is 5.32 Å². The molecular weight excluding hydrogens is 258 g/mol. The van der Waals surface area contributed by atoms with Crippen LogP contribution in [0.5, 0.6) is 0 Å². The fourth-order valence-electron chi connectivity index (χ4n) is 1.71. The zero-order chi connectivity index (χ0) is 14.3. The maximum Gasteiger partial charge on any atom is 0.324 e. The summed E-state index contributed by atoms with van der Waals surface area (Å²) in [6, 6.07) is 8.29. The number of esters is 1. The van der Waals surface area contributed by atoms with E-state index in [0.717, 1.165) is 0 Å². The molecule has 1 N–H and O–H groups in total. The number of hydrogen-bond acceptors (Lipinski definition) is 4. The van der Waals surface area contributed by atoms with Gasteiger partial charge >= 0.3 is 5.97 Å². The van der Waals surface area contributed by atoms with Crippen LogP contribution >= 0.6 is 11.8 Å². The second kappa shape index (κ2) is 8.23. The van der Waals surface area contributed by atoms with Gasteiger partial charge in [-0.2, -0.15) is 0 Å². The first-order chi connectivity index (χ1) is 9.02. The topological polar surface area (TPSA) is 38.3 Å². The molecule has 0 amide bonds. The van der Waals surface area contributed by atoms with Crippen LogP contribution in [0.4, 0.5) is 0 Å². The van der Waals surface area contributed by atoms with Crippen molar-refractivity contribution in [3.8, 4) is 0 Å². The Morgan fingerprint density at radius 1 is 1.42 bits per heavy atom. The van der Waals surface area contributed by atoms with Gasteiger partial charge in [0, 0.05) is 16.7 Å². The smallest absolute Gasteiger partial charge is 0.324 e. The van der Waals surface area contributed by atoms with Crippen LogP contribution in [-0.2, 0) is 9.53 Å². The van der Waals surface area contributed by atoms with Gasteiger partial charge in [0.25, 0.3) is 0 Å². The molecular formula is C15H23NO2S. The third-order valence-electron chi connectivity index (χ3n) is 2.51. The molecule has 0 aliphatic heterocycles. The quantitative estimate of drug-likeness (QED) is 0.616. The van der Waals surface area contributed by atoms with Crippen molar-refractivity contribution in [1.29, 1.82) is 0 Å². The molecule has 106 valence electrons. The summed E-state index contributed by atoms with van der Waals surface area (Å²) in [5, 5.41) is 3.25. The van der Waals surface area contributed by atoms with E-state index in [1.54, 1.807) is 11.8 Å². The zero-order valence-corrected chi connectivity index (χ0v) is 12.9. The summed E-state index contributed by atoms with van der Waals surface area (Å²) < 4.78 is 5.10. The molecule has 19 heavy (non-hydrogen) atoms. The molecule has 1 aromatic rings. The maximum atomic E-state index is 11.9. The van der Waals surface area contributed by atoms with Crippen LogP contribution in [-0.4, -0.2) is 30.4 Å². The minimum absolute atomic E-state index is 0.170. The van der Waals surface area contributed by atoms with E-state index >= 15 is 0 Å². The Hall–Kier alpha value is -1.00. The SMILES string of the molecule is CCOC(=O)C(CSc1cccc(C)c1)NC(C)C. The van der Waals surface area contributed by atoms with Crippen LogP contribution in [0.1, 0.15) is 26.3 Å². The average molecular weight is 281 g/mol. The molecule has 0 heterocycles. The van der Waals surface area contributed by atoms with Gasteiger partial charge < -0.3 is 10.1 Å². The average Bonchev–Trinajstić information content (AvgIpc) is 2.34. The first kappa shape index (κ1) is 16.1. The molecule has 0 saturated carbocycles. The second-order valence-corrected chi connectivity index (χ2v) is 5.85. The summed E-state index contributed by atoms with van der Waals surface area (Å²) in [6.45, 7) is 8.38. The van der Waals surface area contributed by atoms with E-state index in [-0.39, 0.29) is 18.1 Å². The summed E-state index contributed by atoms with van der Waals surface area (Å²) >= 11 is 1.68. The Balaban J connectivity index is 2.59. The molecule has 0 aliphatic rings. The summed E-state index contributed by atoms with van der Waals surface area (Å²) in [5.41, 5.74) is 1.23. The van der Waals surface area contributed by atoms with Gasteiger partial charge in [0.1, 0.15) is 6.04 Å². The molecule has 1 atom stereocenters. The Labute approximate surface area is 120 Å². The van der Waals surface area contributed by atoms with E-state index in [1.807, 2.05) is 26.8 Å². The zero-order valence-electron chi connectivity index (χ0n) is 12.1. The lowest BCUT2D eigenvalue weighted by molar-refractivity contribution is -0.145. The highest BCUT2D eigenvalue weighted by Crippen LogP contribution is 2.20. The highest BCUT2D eigenvalue weighted by molar-refractivity contribution is 7.99. The van der Waals surface area contributed by atoms with E-state index < -0.39 is 0 Å². The summed E-state index contributed by atoms with van der Waals surface area (Å²) in [6.07, 6.45) is 0. The Morgan fingerprint density at radius 3 is 2.74 bits per heavy atom. The van der Waals surface area contributed by atoms with Gasteiger partial charge in [-0.05, 0) is 26.0 Å². The first-order valence-corrected chi connectivity index (χ1v) is 7.63. The second-order valence-electron chi connectivity index (χ2n) is 4.75. The number of aryl methyl sites for hydroxylation is 1. The van der Waals surface area contributed by atoms with Gasteiger partial charge in [0.15, 0.2) is 0 Å². The Kier molecular flexibility index (Phi) is 6.95. The van der Waals surface area contributed by atoms with Crippen LogP contribution in [0.15, 0.2) is 29.2 Å². The molecule has 0 aromatic heterocycles. The monoisotopic (exact) mass is 281 g/mol. The highest BCUT2D eigenvalue weighted by atomic mass is 32.2. The lowest BCUT2D eigenvalue weighted by Gasteiger charge is -2.19. The standard InChI is InChI=1S/C15H23NO2S/c1-5-18-15(17)14(16-11(2)3)10-19-13-8-6-7-12(4)9-13/h6-9,11,14,16H,5,10H2,1-4H3. The van der Waals surface area contributed by atoms with Crippen molar-refractivity contribution in [1.82, 2.24) is 5.32 Å². The van der Waals surface area contributed by atoms with Crippen LogP contribution in [0.25, 0.3) is 0 Å². The lowest BCUT2D eigenvalue weighted by Crippen LogP contribution is -2.43. The van der Waals surface area contributed by atoms with E-state index in [2.05, 4.69) is 30.4 Å². The number of rotatable bonds is 7. The molecule has 0 fully saturated rings. The minimum atomic E-state index is -0.259. The number of hydrogen-bond donors (Lipinski definition) is 1. The third-order valence-corrected chi connectivity index (χ3v) is 3.60. The molecule has 0 radical (unpaired) electrons. The number of ether oxygens (including phenoxy) is 1. The third kappa shape index (κ3) is 6.12. The molecule has 3 nitrogen and oxygen atoms in total. The van der Waals surface area contributed by atoms with Crippen LogP contribution in [0.2, 0.25) is 0 Å².